The van der Waals surface area contributed by atoms with Crippen LogP contribution in [0.5, 0.6) is 11.5 Å². The molecular formula is C41H30N2O4. The topological polar surface area (TPSA) is 46.8 Å². The van der Waals surface area contributed by atoms with Gasteiger partial charge in [-0.15, -0.1) is 0 Å². The zero-order valence-electron chi connectivity index (χ0n) is 25.6. The largest absolute Gasteiger partial charge is 0.458 e. The summed E-state index contributed by atoms with van der Waals surface area (Å²) < 4.78 is 29.4. The minimum atomic E-state index is 0.116. The third kappa shape index (κ3) is 4.41. The van der Waals surface area contributed by atoms with Crippen LogP contribution in [-0.2, 0) is 35.9 Å². The smallest absolute Gasteiger partial charge is 0.230 e. The Morgan fingerprint density at radius 2 is 0.681 bits per heavy atom. The number of nitrogens with zero attached hydrogens (tertiary/aromatic N) is 2. The summed E-state index contributed by atoms with van der Waals surface area (Å²) in [7, 11) is 0. The summed E-state index contributed by atoms with van der Waals surface area (Å²) in [6, 6.07) is 43.0. The van der Waals surface area contributed by atoms with E-state index in [-0.39, 0.29) is 6.79 Å². The fourth-order valence-corrected chi connectivity index (χ4v) is 7.27. The van der Waals surface area contributed by atoms with Crippen LogP contribution in [0.4, 0.5) is 0 Å². The molecule has 15 aliphatic rings. The average molecular weight is 615 g/mol. The van der Waals surface area contributed by atoms with Crippen LogP contribution < -0.4 is 9.47 Å². The van der Waals surface area contributed by atoms with Crippen molar-refractivity contribution in [1.29, 1.82) is 0 Å². The lowest BCUT2D eigenvalue weighted by Crippen LogP contribution is -2.06. The lowest BCUT2D eigenvalue weighted by molar-refractivity contribution is 0.107. The van der Waals surface area contributed by atoms with E-state index in [1.165, 1.54) is 21.5 Å². The van der Waals surface area contributed by atoms with Gasteiger partial charge in [0.1, 0.15) is 11.5 Å². The first-order valence-corrected chi connectivity index (χ1v) is 16.0. The van der Waals surface area contributed by atoms with Crippen molar-refractivity contribution in [2.24, 2.45) is 0 Å². The number of aromatic nitrogens is 2. The van der Waals surface area contributed by atoms with Gasteiger partial charge >= 0.3 is 0 Å². The van der Waals surface area contributed by atoms with Gasteiger partial charge in [-0.25, -0.2) is 0 Å². The Balaban J connectivity index is 1.21. The quantitative estimate of drug-likeness (QED) is 0.171. The molecule has 0 fully saturated rings. The van der Waals surface area contributed by atoms with E-state index in [4.69, 9.17) is 18.9 Å². The SMILES string of the molecule is c1cc2c3cc1COCc1ccc4c(c1)c1cc5ccc1n4-c1ccc(cc1)OCOc1ccc(cc1)-n2c1ccc(cc31)COC5. The molecule has 6 heteroatoms. The predicted molar refractivity (Wildman–Crippen MR) is 185 cm³/mol. The highest BCUT2D eigenvalue weighted by atomic mass is 16.7. The molecule has 0 saturated heterocycles. The van der Waals surface area contributed by atoms with E-state index in [1.54, 1.807) is 0 Å². The second kappa shape index (κ2) is 10.5. The first kappa shape index (κ1) is 26.6. The molecule has 15 aliphatic heterocycles. The van der Waals surface area contributed by atoms with E-state index >= 15 is 0 Å². The van der Waals surface area contributed by atoms with Gasteiger partial charge in [0.2, 0.25) is 6.79 Å². The van der Waals surface area contributed by atoms with E-state index < -0.39 is 0 Å². The van der Waals surface area contributed by atoms with Gasteiger partial charge in [0.25, 0.3) is 0 Å². The van der Waals surface area contributed by atoms with Crippen molar-refractivity contribution in [3.8, 4) is 22.9 Å². The van der Waals surface area contributed by atoms with Gasteiger partial charge in [0.05, 0.1) is 48.5 Å². The molecule has 0 spiro atoms. The van der Waals surface area contributed by atoms with Gasteiger partial charge in [-0.05, 0) is 119 Å². The average Bonchev–Trinajstić information content (AvgIpc) is 3.60. The molecular weight excluding hydrogens is 584 g/mol. The number of ether oxygens (including phenoxy) is 4. The molecule has 0 unspecified atom stereocenters. The molecule has 0 aliphatic carbocycles. The van der Waals surface area contributed by atoms with Crippen LogP contribution in [0.15, 0.2) is 121 Å². The van der Waals surface area contributed by atoms with Crippen LogP contribution in [0, 0.1) is 0 Å². The molecule has 6 nitrogen and oxygen atoms in total. The van der Waals surface area contributed by atoms with Crippen LogP contribution in [0.1, 0.15) is 22.3 Å². The summed E-state index contributed by atoms with van der Waals surface area (Å²) in [6.07, 6.45) is 0. The zero-order valence-corrected chi connectivity index (χ0v) is 25.6. The Labute approximate surface area is 270 Å². The molecule has 47 heavy (non-hydrogen) atoms. The molecule has 17 heterocycles. The lowest BCUT2D eigenvalue weighted by Gasteiger charge is -2.13. The zero-order chi connectivity index (χ0) is 30.9. The molecule has 6 aromatic carbocycles. The molecule has 228 valence electrons. The normalized spacial score (nSPS) is 14.6. The Bertz CT molecular complexity index is 2190. The molecule has 0 saturated carbocycles. The molecule has 23 rings (SSSR count). The van der Waals surface area contributed by atoms with Crippen LogP contribution >= 0.6 is 0 Å². The predicted octanol–water partition coefficient (Wildman–Crippen LogP) is 9.36. The summed E-state index contributed by atoms with van der Waals surface area (Å²) in [4.78, 5) is 0. The maximum absolute atomic E-state index is 6.37. The monoisotopic (exact) mass is 614 g/mol. The second-order valence-corrected chi connectivity index (χ2v) is 12.5. The van der Waals surface area contributed by atoms with Crippen molar-refractivity contribution in [2.75, 3.05) is 6.79 Å². The van der Waals surface area contributed by atoms with Gasteiger partial charge in [0.15, 0.2) is 0 Å². The van der Waals surface area contributed by atoms with Gasteiger partial charge < -0.3 is 28.1 Å². The Hall–Kier alpha value is -5.56. The van der Waals surface area contributed by atoms with E-state index in [0.717, 1.165) is 67.2 Å². The lowest BCUT2D eigenvalue weighted by atomic mass is 10.1. The van der Waals surface area contributed by atoms with E-state index in [2.05, 4.69) is 106 Å². The van der Waals surface area contributed by atoms with Crippen molar-refractivity contribution in [3.63, 3.8) is 0 Å². The fourth-order valence-electron chi connectivity index (χ4n) is 7.27. The maximum atomic E-state index is 6.37. The summed E-state index contributed by atoms with van der Waals surface area (Å²) in [5.41, 5.74) is 11.3. The first-order chi connectivity index (χ1) is 23.2. The van der Waals surface area contributed by atoms with Crippen molar-refractivity contribution in [1.82, 2.24) is 9.13 Å². The summed E-state index contributed by atoms with van der Waals surface area (Å²) in [5.74, 6) is 1.50. The Kier molecular flexibility index (Phi) is 5.94. The number of benzene rings is 6. The molecule has 2 aromatic heterocycles. The van der Waals surface area contributed by atoms with Gasteiger partial charge in [-0.3, -0.25) is 0 Å². The van der Waals surface area contributed by atoms with Crippen molar-refractivity contribution >= 4 is 43.6 Å². The molecule has 0 amide bonds. The highest BCUT2D eigenvalue weighted by Crippen LogP contribution is 2.36. The minimum absolute atomic E-state index is 0.116. The highest BCUT2D eigenvalue weighted by molar-refractivity contribution is 6.10. The summed E-state index contributed by atoms with van der Waals surface area (Å²) >= 11 is 0. The Morgan fingerprint density at radius 1 is 0.362 bits per heavy atom. The van der Waals surface area contributed by atoms with Gasteiger partial charge in [0, 0.05) is 32.9 Å². The molecule has 0 atom stereocenters. The van der Waals surface area contributed by atoms with Gasteiger partial charge in [-0.2, -0.15) is 0 Å². The van der Waals surface area contributed by atoms with Gasteiger partial charge in [-0.1, -0.05) is 24.3 Å². The minimum Gasteiger partial charge on any atom is -0.458 e. The van der Waals surface area contributed by atoms with Crippen molar-refractivity contribution in [3.05, 3.63) is 144 Å². The number of hydrogen-bond donors (Lipinski definition) is 0. The molecule has 0 N–H and O–H groups in total. The van der Waals surface area contributed by atoms with Crippen molar-refractivity contribution in [2.45, 2.75) is 26.4 Å². The standard InChI is InChI=1S/C41H30N2O4/c1-13-38-34-17-26(1)21-44-22-27-3-15-40-36(19-27)37-20-29-4-16-41(37)43(40)31-7-11-33(12-8-31)47-25-46-32-9-5-30(6-10-32)42(38)39-14-2-28(18-35(34)39)23-45-24-29/h1-20H,21-25H2. The third-order valence-electron chi connectivity index (χ3n) is 9.50. The van der Waals surface area contributed by atoms with E-state index in [0.29, 0.717) is 26.4 Å². The summed E-state index contributed by atoms with van der Waals surface area (Å²) in [5, 5.41) is 4.76. The van der Waals surface area contributed by atoms with Crippen LogP contribution in [0.25, 0.3) is 55.0 Å². The van der Waals surface area contributed by atoms with Crippen LogP contribution in [-0.4, -0.2) is 15.9 Å². The molecule has 18 bridgehead atoms. The van der Waals surface area contributed by atoms with Crippen molar-refractivity contribution < 1.29 is 18.9 Å². The third-order valence-corrected chi connectivity index (χ3v) is 9.50. The first-order valence-electron chi connectivity index (χ1n) is 16.0. The fraction of sp³-hybridized carbons (Fsp3) is 0.122. The number of hydrogen-bond acceptors (Lipinski definition) is 4. The number of rotatable bonds is 0. The molecule has 8 aromatic rings. The highest BCUT2D eigenvalue weighted by Gasteiger charge is 2.17. The second-order valence-electron chi connectivity index (χ2n) is 12.5. The maximum Gasteiger partial charge on any atom is 0.230 e. The van der Waals surface area contributed by atoms with E-state index in [9.17, 15) is 0 Å². The molecule has 0 radical (unpaired) electrons. The summed E-state index contributed by atoms with van der Waals surface area (Å²) in [6.45, 7) is 2.21. The van der Waals surface area contributed by atoms with Crippen LogP contribution in [0.3, 0.4) is 0 Å². The van der Waals surface area contributed by atoms with Crippen LogP contribution in [0.2, 0.25) is 0 Å². The van der Waals surface area contributed by atoms with E-state index in [1.807, 2.05) is 24.3 Å². The Morgan fingerprint density at radius 3 is 1.00 bits per heavy atom.